The predicted molar refractivity (Wildman–Crippen MR) is 77.9 cm³/mol. The molecule has 0 saturated carbocycles. The average molecular weight is 270 g/mol. The molecule has 0 aromatic heterocycles. The fourth-order valence-corrected chi connectivity index (χ4v) is 4.13. The van der Waals surface area contributed by atoms with Crippen LogP contribution in [0.15, 0.2) is 0 Å². The third-order valence-corrected chi connectivity index (χ3v) is 5.43. The van der Waals surface area contributed by atoms with E-state index in [1.165, 1.54) is 31.4 Å². The number of hydrogen-bond acceptors (Lipinski definition) is 3. The second-order valence-electron chi connectivity index (χ2n) is 5.43. The van der Waals surface area contributed by atoms with E-state index in [-0.39, 0.29) is 5.25 Å². The van der Waals surface area contributed by atoms with E-state index in [1.807, 2.05) is 11.8 Å². The van der Waals surface area contributed by atoms with Gasteiger partial charge in [0.15, 0.2) is 0 Å². The molecule has 2 fully saturated rings. The van der Waals surface area contributed by atoms with Crippen LogP contribution < -0.4 is 5.32 Å². The summed E-state index contributed by atoms with van der Waals surface area (Å²) in [4.78, 5) is 14.5. The fraction of sp³-hybridized carbons (Fsp3) is 0.929. The van der Waals surface area contributed by atoms with Crippen molar-refractivity contribution in [2.24, 2.45) is 5.92 Å². The summed E-state index contributed by atoms with van der Waals surface area (Å²) in [6, 6.07) is 0. The van der Waals surface area contributed by atoms with Gasteiger partial charge in [0.1, 0.15) is 0 Å². The highest BCUT2D eigenvalue weighted by Crippen LogP contribution is 2.28. The number of nitrogens with zero attached hydrogens (tertiary/aromatic N) is 1. The number of thioether (sulfide) groups is 1. The lowest BCUT2D eigenvalue weighted by Crippen LogP contribution is -2.44. The van der Waals surface area contributed by atoms with Crippen molar-refractivity contribution in [2.75, 3.05) is 31.9 Å². The standard InChI is InChI=1S/C14H26N2OS/c1-2-15-11-12-6-8-16(9-7-12)14(17)13-5-3-4-10-18-13/h12-13,15H,2-11H2,1H3. The molecule has 0 bridgehead atoms. The summed E-state index contributed by atoms with van der Waals surface area (Å²) in [6.45, 7) is 6.28. The Labute approximate surface area is 115 Å². The van der Waals surface area contributed by atoms with Crippen molar-refractivity contribution in [3.05, 3.63) is 0 Å². The number of nitrogens with one attached hydrogen (secondary N) is 1. The van der Waals surface area contributed by atoms with E-state index in [2.05, 4.69) is 17.1 Å². The van der Waals surface area contributed by atoms with Gasteiger partial charge >= 0.3 is 0 Å². The number of amides is 1. The van der Waals surface area contributed by atoms with Gasteiger partial charge in [-0.3, -0.25) is 4.79 Å². The third-order valence-electron chi connectivity index (χ3n) is 4.06. The van der Waals surface area contributed by atoms with Crippen LogP contribution in [0.3, 0.4) is 0 Å². The Kier molecular flexibility index (Phi) is 5.83. The molecule has 2 aliphatic rings. The van der Waals surface area contributed by atoms with E-state index in [4.69, 9.17) is 0 Å². The zero-order valence-electron chi connectivity index (χ0n) is 11.5. The van der Waals surface area contributed by atoms with Crippen LogP contribution in [0, 0.1) is 5.92 Å². The number of rotatable bonds is 4. The molecule has 1 unspecified atom stereocenters. The predicted octanol–water partition coefficient (Wildman–Crippen LogP) is 2.12. The lowest BCUT2D eigenvalue weighted by molar-refractivity contribution is -0.132. The SMILES string of the molecule is CCNCC1CCN(C(=O)C2CCCCS2)CC1. The Balaban J connectivity index is 1.73. The van der Waals surface area contributed by atoms with Gasteiger partial charge in [0.2, 0.25) is 5.91 Å². The van der Waals surface area contributed by atoms with Gasteiger partial charge in [-0.1, -0.05) is 13.3 Å². The van der Waals surface area contributed by atoms with E-state index < -0.39 is 0 Å². The first-order valence-corrected chi connectivity index (χ1v) is 8.47. The molecule has 0 aromatic rings. The van der Waals surface area contributed by atoms with E-state index in [9.17, 15) is 4.79 Å². The second kappa shape index (κ2) is 7.39. The van der Waals surface area contributed by atoms with Crippen molar-refractivity contribution in [3.63, 3.8) is 0 Å². The summed E-state index contributed by atoms with van der Waals surface area (Å²) in [5.41, 5.74) is 0. The van der Waals surface area contributed by atoms with Gasteiger partial charge < -0.3 is 10.2 Å². The largest absolute Gasteiger partial charge is 0.342 e. The molecule has 2 rings (SSSR count). The summed E-state index contributed by atoms with van der Waals surface area (Å²) >= 11 is 1.88. The average Bonchev–Trinajstić information content (AvgIpc) is 2.46. The van der Waals surface area contributed by atoms with Crippen LogP contribution in [0.4, 0.5) is 0 Å². The van der Waals surface area contributed by atoms with Crippen LogP contribution in [0.2, 0.25) is 0 Å². The highest BCUT2D eigenvalue weighted by molar-refractivity contribution is 8.00. The van der Waals surface area contributed by atoms with Gasteiger partial charge in [-0.15, -0.1) is 11.8 Å². The highest BCUT2D eigenvalue weighted by Gasteiger charge is 2.29. The van der Waals surface area contributed by atoms with Gasteiger partial charge in [0.25, 0.3) is 0 Å². The van der Waals surface area contributed by atoms with Gasteiger partial charge in [0.05, 0.1) is 5.25 Å². The first kappa shape index (κ1) is 14.2. The minimum absolute atomic E-state index is 0.268. The molecule has 0 radical (unpaired) electrons. The molecule has 2 aliphatic heterocycles. The van der Waals surface area contributed by atoms with E-state index in [0.29, 0.717) is 5.91 Å². The van der Waals surface area contributed by atoms with E-state index >= 15 is 0 Å². The third kappa shape index (κ3) is 3.89. The van der Waals surface area contributed by atoms with Crippen LogP contribution in [0.5, 0.6) is 0 Å². The van der Waals surface area contributed by atoms with Gasteiger partial charge in [0, 0.05) is 13.1 Å². The van der Waals surface area contributed by atoms with Crippen molar-refractivity contribution in [3.8, 4) is 0 Å². The van der Waals surface area contributed by atoms with E-state index in [1.54, 1.807) is 0 Å². The maximum absolute atomic E-state index is 12.4. The van der Waals surface area contributed by atoms with Crippen LogP contribution >= 0.6 is 11.8 Å². The van der Waals surface area contributed by atoms with Gasteiger partial charge in [-0.2, -0.15) is 0 Å². The Bertz CT molecular complexity index is 259. The number of likely N-dealkylation sites (tertiary alicyclic amines) is 1. The second-order valence-corrected chi connectivity index (χ2v) is 6.74. The Morgan fingerprint density at radius 1 is 1.28 bits per heavy atom. The molecule has 3 nitrogen and oxygen atoms in total. The minimum Gasteiger partial charge on any atom is -0.342 e. The summed E-state index contributed by atoms with van der Waals surface area (Å²) < 4.78 is 0. The zero-order chi connectivity index (χ0) is 12.8. The molecule has 1 N–H and O–H groups in total. The van der Waals surface area contributed by atoms with Crippen molar-refractivity contribution < 1.29 is 4.79 Å². The summed E-state index contributed by atoms with van der Waals surface area (Å²) in [7, 11) is 0. The quantitative estimate of drug-likeness (QED) is 0.849. The molecular weight excluding hydrogens is 244 g/mol. The minimum atomic E-state index is 0.268. The molecule has 1 amide bonds. The highest BCUT2D eigenvalue weighted by atomic mass is 32.2. The van der Waals surface area contributed by atoms with Crippen molar-refractivity contribution >= 4 is 17.7 Å². The molecule has 0 aliphatic carbocycles. The summed E-state index contributed by atoms with van der Waals surface area (Å²) in [5, 5.41) is 3.69. The van der Waals surface area contributed by atoms with Crippen LogP contribution in [-0.2, 0) is 4.79 Å². The van der Waals surface area contributed by atoms with Crippen molar-refractivity contribution in [1.29, 1.82) is 0 Å². The lowest BCUT2D eigenvalue weighted by atomic mass is 9.96. The number of piperidine rings is 1. The maximum Gasteiger partial charge on any atom is 0.235 e. The first-order valence-electron chi connectivity index (χ1n) is 7.42. The molecule has 18 heavy (non-hydrogen) atoms. The van der Waals surface area contributed by atoms with Crippen LogP contribution in [0.1, 0.15) is 39.0 Å². The van der Waals surface area contributed by atoms with Crippen LogP contribution in [-0.4, -0.2) is 48.0 Å². The molecule has 0 spiro atoms. The lowest BCUT2D eigenvalue weighted by Gasteiger charge is -2.35. The molecular formula is C14H26N2OS. The van der Waals surface area contributed by atoms with Gasteiger partial charge in [-0.05, 0) is 50.4 Å². The van der Waals surface area contributed by atoms with Crippen LogP contribution in [0.25, 0.3) is 0 Å². The van der Waals surface area contributed by atoms with Crippen molar-refractivity contribution in [2.45, 2.75) is 44.3 Å². The monoisotopic (exact) mass is 270 g/mol. The Morgan fingerprint density at radius 2 is 2.06 bits per heavy atom. The zero-order valence-corrected chi connectivity index (χ0v) is 12.3. The number of hydrogen-bond donors (Lipinski definition) is 1. The smallest absolute Gasteiger partial charge is 0.235 e. The fourth-order valence-electron chi connectivity index (χ4n) is 2.85. The number of carbonyl (C=O) groups is 1. The normalized spacial score (nSPS) is 26.3. The molecule has 104 valence electrons. The first-order chi connectivity index (χ1) is 8.81. The Morgan fingerprint density at radius 3 is 2.67 bits per heavy atom. The summed E-state index contributed by atoms with van der Waals surface area (Å²) in [6.07, 6.45) is 5.98. The van der Waals surface area contributed by atoms with Gasteiger partial charge in [-0.25, -0.2) is 0 Å². The Hall–Kier alpha value is -0.220. The van der Waals surface area contributed by atoms with E-state index in [0.717, 1.165) is 38.5 Å². The molecule has 2 heterocycles. The maximum atomic E-state index is 12.4. The molecule has 4 heteroatoms. The molecule has 1 atom stereocenters. The van der Waals surface area contributed by atoms with Crippen molar-refractivity contribution in [1.82, 2.24) is 10.2 Å². The number of carbonyl (C=O) groups excluding carboxylic acids is 1. The summed E-state index contributed by atoms with van der Waals surface area (Å²) in [5.74, 6) is 2.36. The topological polar surface area (TPSA) is 32.3 Å². The molecule has 0 aromatic carbocycles. The molecule has 2 saturated heterocycles.